The molecule has 1 unspecified atom stereocenters. The van der Waals surface area contributed by atoms with Crippen molar-refractivity contribution in [3.05, 3.63) is 65.2 Å². The number of hydrogen-bond acceptors (Lipinski definition) is 5. The first-order valence-electron chi connectivity index (χ1n) is 9.73. The minimum atomic E-state index is -0.522. The highest BCUT2D eigenvalue weighted by Crippen LogP contribution is 2.32. The molecule has 1 fully saturated rings. The maximum absolute atomic E-state index is 12.7. The van der Waals surface area contributed by atoms with Crippen LogP contribution in [0.3, 0.4) is 0 Å². The number of carbonyl (C=O) groups is 1. The lowest BCUT2D eigenvalue weighted by Crippen LogP contribution is -2.12. The van der Waals surface area contributed by atoms with Crippen molar-refractivity contribution in [2.75, 3.05) is 6.61 Å². The molecule has 0 saturated carbocycles. The van der Waals surface area contributed by atoms with Gasteiger partial charge in [0.25, 0.3) is 0 Å². The standard InChI is InChI=1S/C24H25NO4/c1-15(2)28-19-9-5-17(6-10-19)23(21(13-25)24(26)22-14-27-22)18-7-11-20(12-8-18)29-16(3)4/h5-12,15-16,22H,14H2,1-4H3. The summed E-state index contributed by atoms with van der Waals surface area (Å²) in [5, 5.41) is 9.78. The highest BCUT2D eigenvalue weighted by Gasteiger charge is 2.35. The molecule has 29 heavy (non-hydrogen) atoms. The third kappa shape index (κ3) is 5.24. The van der Waals surface area contributed by atoms with Gasteiger partial charge in [0.05, 0.1) is 18.8 Å². The van der Waals surface area contributed by atoms with Gasteiger partial charge in [0, 0.05) is 5.57 Å². The average molecular weight is 391 g/mol. The van der Waals surface area contributed by atoms with Crippen molar-refractivity contribution in [1.82, 2.24) is 0 Å². The summed E-state index contributed by atoms with van der Waals surface area (Å²) in [4.78, 5) is 12.7. The van der Waals surface area contributed by atoms with Gasteiger partial charge in [-0.3, -0.25) is 4.79 Å². The molecule has 5 nitrogen and oxygen atoms in total. The van der Waals surface area contributed by atoms with E-state index in [-0.39, 0.29) is 23.6 Å². The van der Waals surface area contributed by atoms with E-state index in [4.69, 9.17) is 14.2 Å². The van der Waals surface area contributed by atoms with Gasteiger partial charge in [0.15, 0.2) is 0 Å². The van der Waals surface area contributed by atoms with E-state index in [2.05, 4.69) is 6.07 Å². The second kappa shape index (κ2) is 8.93. The Bertz CT molecular complexity index is 875. The van der Waals surface area contributed by atoms with Crippen LogP contribution in [0.2, 0.25) is 0 Å². The summed E-state index contributed by atoms with van der Waals surface area (Å²) in [6, 6.07) is 16.9. The number of benzene rings is 2. The lowest BCUT2D eigenvalue weighted by molar-refractivity contribution is -0.116. The zero-order valence-corrected chi connectivity index (χ0v) is 17.1. The molecule has 1 aliphatic heterocycles. The first kappa shape index (κ1) is 20.6. The van der Waals surface area contributed by atoms with Gasteiger partial charge < -0.3 is 14.2 Å². The number of ether oxygens (including phenoxy) is 3. The van der Waals surface area contributed by atoms with Crippen molar-refractivity contribution >= 4 is 11.4 Å². The highest BCUT2D eigenvalue weighted by molar-refractivity contribution is 6.12. The molecule has 0 bridgehead atoms. The smallest absolute Gasteiger partial charge is 0.205 e. The minimum Gasteiger partial charge on any atom is -0.491 e. The van der Waals surface area contributed by atoms with Crippen LogP contribution in [-0.2, 0) is 9.53 Å². The maximum atomic E-state index is 12.7. The number of epoxide rings is 1. The number of ketones is 1. The number of hydrogen-bond donors (Lipinski definition) is 0. The Morgan fingerprint density at radius 3 is 1.66 bits per heavy atom. The maximum Gasteiger partial charge on any atom is 0.205 e. The lowest BCUT2D eigenvalue weighted by atomic mass is 9.91. The van der Waals surface area contributed by atoms with Crippen molar-refractivity contribution in [3.8, 4) is 17.6 Å². The monoisotopic (exact) mass is 391 g/mol. The van der Waals surface area contributed by atoms with Crippen LogP contribution in [0.1, 0.15) is 38.8 Å². The van der Waals surface area contributed by atoms with Crippen LogP contribution in [0.5, 0.6) is 11.5 Å². The van der Waals surface area contributed by atoms with Crippen LogP contribution in [0.25, 0.3) is 5.57 Å². The Morgan fingerprint density at radius 1 is 0.931 bits per heavy atom. The number of rotatable bonds is 8. The van der Waals surface area contributed by atoms with Crippen LogP contribution >= 0.6 is 0 Å². The van der Waals surface area contributed by atoms with Gasteiger partial charge in [-0.25, -0.2) is 0 Å². The lowest BCUT2D eigenvalue weighted by Gasteiger charge is -2.15. The first-order valence-corrected chi connectivity index (χ1v) is 9.73. The van der Waals surface area contributed by atoms with Crippen molar-refractivity contribution in [2.45, 2.75) is 46.0 Å². The fourth-order valence-corrected chi connectivity index (χ4v) is 2.99. The predicted molar refractivity (Wildman–Crippen MR) is 111 cm³/mol. The fourth-order valence-electron chi connectivity index (χ4n) is 2.99. The molecule has 3 rings (SSSR count). The third-order valence-corrected chi connectivity index (χ3v) is 4.26. The Labute approximate surface area is 171 Å². The Balaban J connectivity index is 2.05. The van der Waals surface area contributed by atoms with Gasteiger partial charge in [-0.05, 0) is 63.1 Å². The van der Waals surface area contributed by atoms with Crippen molar-refractivity contribution in [1.29, 1.82) is 5.26 Å². The molecule has 1 heterocycles. The quantitative estimate of drug-likeness (QED) is 0.375. The van der Waals surface area contributed by atoms with Crippen molar-refractivity contribution < 1.29 is 19.0 Å². The van der Waals surface area contributed by atoms with Crippen molar-refractivity contribution in [2.24, 2.45) is 0 Å². The van der Waals surface area contributed by atoms with E-state index in [1.54, 1.807) is 0 Å². The number of Topliss-reactive ketones (excluding diaryl/α,β-unsaturated/α-hetero) is 1. The summed E-state index contributed by atoms with van der Waals surface area (Å²) in [5.74, 6) is 1.19. The topological polar surface area (TPSA) is 71.8 Å². The van der Waals surface area contributed by atoms with Crippen LogP contribution < -0.4 is 9.47 Å². The van der Waals surface area contributed by atoms with Crippen LogP contribution in [0.4, 0.5) is 0 Å². The second-order valence-corrected chi connectivity index (χ2v) is 7.43. The first-order chi connectivity index (χ1) is 13.9. The van der Waals surface area contributed by atoms with Gasteiger partial charge in [-0.1, -0.05) is 24.3 Å². The predicted octanol–water partition coefficient (Wildman–Crippen LogP) is 4.55. The summed E-state index contributed by atoms with van der Waals surface area (Å²) < 4.78 is 16.5. The van der Waals surface area contributed by atoms with Gasteiger partial charge in [-0.2, -0.15) is 5.26 Å². The van der Waals surface area contributed by atoms with Crippen molar-refractivity contribution in [3.63, 3.8) is 0 Å². The molecule has 1 aliphatic rings. The molecule has 0 spiro atoms. The van der Waals surface area contributed by atoms with E-state index < -0.39 is 6.10 Å². The normalized spacial score (nSPS) is 15.0. The fraction of sp³-hybridized carbons (Fsp3) is 0.333. The molecular formula is C24H25NO4. The molecule has 0 amide bonds. The summed E-state index contributed by atoms with van der Waals surface area (Å²) in [6.45, 7) is 8.20. The van der Waals surface area contributed by atoms with E-state index in [1.165, 1.54) is 0 Å². The van der Waals surface area contributed by atoms with Crippen LogP contribution in [0, 0.1) is 11.3 Å². The number of nitrogens with zero attached hydrogens (tertiary/aromatic N) is 1. The van der Waals surface area contributed by atoms with E-state index in [0.717, 1.165) is 22.6 Å². The van der Waals surface area contributed by atoms with Gasteiger partial charge in [0.1, 0.15) is 29.2 Å². The summed E-state index contributed by atoms with van der Waals surface area (Å²) >= 11 is 0. The molecule has 0 aliphatic carbocycles. The van der Waals surface area contributed by atoms with Crippen LogP contribution in [0.15, 0.2) is 54.1 Å². The Kier molecular flexibility index (Phi) is 6.36. The van der Waals surface area contributed by atoms with Crippen LogP contribution in [-0.4, -0.2) is 30.7 Å². The minimum absolute atomic E-state index is 0.0626. The molecule has 1 saturated heterocycles. The molecule has 1 atom stereocenters. The molecule has 150 valence electrons. The molecular weight excluding hydrogens is 366 g/mol. The summed E-state index contributed by atoms with van der Waals surface area (Å²) in [6.07, 6.45) is -0.396. The summed E-state index contributed by atoms with van der Waals surface area (Å²) in [7, 11) is 0. The van der Waals surface area contributed by atoms with Gasteiger partial charge in [0.2, 0.25) is 5.78 Å². The molecule has 2 aromatic carbocycles. The SMILES string of the molecule is CC(C)Oc1ccc(C(=C(C#N)C(=O)C2CO2)c2ccc(OC(C)C)cc2)cc1. The Morgan fingerprint density at radius 2 is 1.34 bits per heavy atom. The van der Waals surface area contributed by atoms with Gasteiger partial charge >= 0.3 is 0 Å². The van der Waals surface area contributed by atoms with E-state index >= 15 is 0 Å². The number of nitriles is 1. The zero-order chi connectivity index (χ0) is 21.0. The van der Waals surface area contributed by atoms with Gasteiger partial charge in [-0.15, -0.1) is 0 Å². The molecule has 5 heteroatoms. The molecule has 2 aromatic rings. The second-order valence-electron chi connectivity index (χ2n) is 7.43. The zero-order valence-electron chi connectivity index (χ0n) is 17.1. The largest absolute Gasteiger partial charge is 0.491 e. The van der Waals surface area contributed by atoms with E-state index in [0.29, 0.717) is 12.2 Å². The molecule has 0 aromatic heterocycles. The third-order valence-electron chi connectivity index (χ3n) is 4.26. The van der Waals surface area contributed by atoms with E-state index in [9.17, 15) is 10.1 Å². The summed E-state index contributed by atoms with van der Waals surface area (Å²) in [5.41, 5.74) is 2.22. The average Bonchev–Trinajstić information content (AvgIpc) is 3.52. The van der Waals surface area contributed by atoms with E-state index in [1.807, 2.05) is 76.2 Å². The molecule has 0 radical (unpaired) electrons. The molecule has 0 N–H and O–H groups in total. The Hall–Kier alpha value is -3.10. The number of carbonyl (C=O) groups excluding carboxylic acids is 1. The highest BCUT2D eigenvalue weighted by atomic mass is 16.6.